The molecule has 0 amide bonds. The summed E-state index contributed by atoms with van der Waals surface area (Å²) in [6.07, 6.45) is 0. The number of ketones is 1. The van der Waals surface area contributed by atoms with E-state index in [1.165, 1.54) is 11.3 Å². The summed E-state index contributed by atoms with van der Waals surface area (Å²) in [5, 5.41) is 0. The Bertz CT molecular complexity index is 575. The van der Waals surface area contributed by atoms with Crippen molar-refractivity contribution < 1.29 is 13.6 Å². The largest absolute Gasteiger partial charge is 0.289 e. The predicted octanol–water partition coefficient (Wildman–Crippen LogP) is 4.78. The van der Waals surface area contributed by atoms with E-state index in [-0.39, 0.29) is 5.56 Å². The number of benzene rings is 1. The summed E-state index contributed by atoms with van der Waals surface area (Å²) in [6, 6.07) is 4.38. The van der Waals surface area contributed by atoms with Crippen LogP contribution in [0.5, 0.6) is 0 Å². The molecule has 1 nitrogen and oxygen atoms in total. The summed E-state index contributed by atoms with van der Waals surface area (Å²) in [6.45, 7) is 0. The first-order valence-electron chi connectivity index (χ1n) is 4.43. The Balaban J connectivity index is 2.47. The molecule has 88 valence electrons. The average Bonchev–Trinajstić information content (AvgIpc) is 2.55. The predicted molar refractivity (Wildman–Crippen MR) is 69.5 cm³/mol. The van der Waals surface area contributed by atoms with Crippen LogP contribution in [0.4, 0.5) is 8.78 Å². The molecule has 0 bridgehead atoms. The quantitative estimate of drug-likeness (QED) is 0.684. The van der Waals surface area contributed by atoms with Crippen LogP contribution in [0.2, 0.25) is 0 Å². The van der Waals surface area contributed by atoms with Crippen LogP contribution in [0, 0.1) is 11.6 Å². The minimum Gasteiger partial charge on any atom is -0.289 e. The third kappa shape index (κ3) is 2.81. The number of carbonyl (C=O) groups is 1. The lowest BCUT2D eigenvalue weighted by atomic mass is 10.1. The van der Waals surface area contributed by atoms with Crippen LogP contribution in [0.3, 0.4) is 0 Å². The van der Waals surface area contributed by atoms with Gasteiger partial charge in [-0.3, -0.25) is 4.79 Å². The molecule has 0 aliphatic carbocycles. The molecule has 0 saturated heterocycles. The first-order chi connectivity index (χ1) is 7.97. The highest BCUT2D eigenvalue weighted by Gasteiger charge is 2.17. The monoisotopic (exact) mass is 380 g/mol. The van der Waals surface area contributed by atoms with E-state index in [1.807, 2.05) is 0 Å². The summed E-state index contributed by atoms with van der Waals surface area (Å²) in [7, 11) is 0. The van der Waals surface area contributed by atoms with E-state index in [0.29, 0.717) is 9.35 Å². The summed E-state index contributed by atoms with van der Waals surface area (Å²) in [5.41, 5.74) is 0.375. The number of halogens is 4. The van der Waals surface area contributed by atoms with E-state index in [2.05, 4.69) is 31.9 Å². The number of hydrogen-bond acceptors (Lipinski definition) is 2. The van der Waals surface area contributed by atoms with Gasteiger partial charge in [-0.2, -0.15) is 0 Å². The lowest BCUT2D eigenvalue weighted by Crippen LogP contribution is -2.01. The van der Waals surface area contributed by atoms with E-state index in [9.17, 15) is 13.6 Å². The second-order valence-corrected chi connectivity index (χ2v) is 6.97. The molecular formula is C11H4Br2F2OS. The lowest BCUT2D eigenvalue weighted by molar-refractivity contribution is 0.103. The van der Waals surface area contributed by atoms with E-state index in [4.69, 9.17) is 0 Å². The summed E-state index contributed by atoms with van der Waals surface area (Å²) in [4.78, 5) is 12.0. The maximum atomic E-state index is 13.0. The molecule has 0 unspecified atom stereocenters. The van der Waals surface area contributed by atoms with Gasteiger partial charge in [0.2, 0.25) is 0 Å². The minimum absolute atomic E-state index is 0.00602. The third-order valence-electron chi connectivity index (χ3n) is 2.03. The summed E-state index contributed by atoms with van der Waals surface area (Å²) < 4.78 is 27.4. The van der Waals surface area contributed by atoms with Crippen LogP contribution >= 0.6 is 43.2 Å². The Morgan fingerprint density at radius 1 is 1.06 bits per heavy atom. The Morgan fingerprint density at radius 2 is 1.65 bits per heavy atom. The lowest BCUT2D eigenvalue weighted by Gasteiger charge is -2.00. The Kier molecular flexibility index (Phi) is 3.75. The molecule has 0 fully saturated rings. The first kappa shape index (κ1) is 12.9. The van der Waals surface area contributed by atoms with Crippen LogP contribution in [-0.4, -0.2) is 5.78 Å². The van der Waals surface area contributed by atoms with Crippen molar-refractivity contribution in [2.75, 3.05) is 0 Å². The van der Waals surface area contributed by atoms with Crippen LogP contribution in [0.15, 0.2) is 31.8 Å². The maximum absolute atomic E-state index is 13.0. The number of thiophene rings is 1. The summed E-state index contributed by atoms with van der Waals surface area (Å²) >= 11 is 7.80. The van der Waals surface area contributed by atoms with Crippen molar-refractivity contribution in [3.05, 3.63) is 54.6 Å². The van der Waals surface area contributed by atoms with E-state index >= 15 is 0 Å². The first-order valence-corrected chi connectivity index (χ1v) is 6.83. The molecule has 0 N–H and O–H groups in total. The van der Waals surface area contributed by atoms with Gasteiger partial charge in [0.05, 0.1) is 7.57 Å². The van der Waals surface area contributed by atoms with Gasteiger partial charge < -0.3 is 0 Å². The molecule has 0 saturated carbocycles. The van der Waals surface area contributed by atoms with Gasteiger partial charge in [-0.25, -0.2) is 8.78 Å². The summed E-state index contributed by atoms with van der Waals surface area (Å²) in [5.74, 6) is -1.95. The second kappa shape index (κ2) is 4.96. The van der Waals surface area contributed by atoms with Gasteiger partial charge in [-0.15, -0.1) is 11.3 Å². The van der Waals surface area contributed by atoms with Gasteiger partial charge >= 0.3 is 0 Å². The van der Waals surface area contributed by atoms with Crippen molar-refractivity contribution in [2.45, 2.75) is 0 Å². The standard InChI is InChI=1S/C11H4Br2F2OS/c12-9-4-8(11(13)17-9)10(16)5-1-6(14)3-7(15)2-5/h1-4H. The van der Waals surface area contributed by atoms with Crippen molar-refractivity contribution in [3.8, 4) is 0 Å². The van der Waals surface area contributed by atoms with Crippen molar-refractivity contribution >= 4 is 49.0 Å². The topological polar surface area (TPSA) is 17.1 Å². The molecular weight excluding hydrogens is 378 g/mol. The van der Waals surface area contributed by atoms with Crippen LogP contribution in [0.25, 0.3) is 0 Å². The molecule has 0 atom stereocenters. The fourth-order valence-corrected chi connectivity index (χ4v) is 4.13. The maximum Gasteiger partial charge on any atom is 0.195 e. The Morgan fingerprint density at radius 3 is 2.12 bits per heavy atom. The molecule has 17 heavy (non-hydrogen) atoms. The normalized spacial score (nSPS) is 10.6. The number of carbonyl (C=O) groups excluding carboxylic acids is 1. The molecule has 2 aromatic rings. The molecule has 0 spiro atoms. The molecule has 2 rings (SSSR count). The Hall–Kier alpha value is -0.590. The highest BCUT2D eigenvalue weighted by Crippen LogP contribution is 2.33. The van der Waals surface area contributed by atoms with Gasteiger partial charge in [0, 0.05) is 17.2 Å². The zero-order valence-electron chi connectivity index (χ0n) is 8.14. The highest BCUT2D eigenvalue weighted by molar-refractivity contribution is 9.12. The average molecular weight is 382 g/mol. The fourth-order valence-electron chi connectivity index (χ4n) is 1.34. The number of rotatable bonds is 2. The van der Waals surface area contributed by atoms with E-state index < -0.39 is 17.4 Å². The molecule has 0 radical (unpaired) electrons. The molecule has 0 aliphatic rings. The third-order valence-corrected chi connectivity index (χ3v) is 4.37. The van der Waals surface area contributed by atoms with Gasteiger partial charge in [0.1, 0.15) is 11.6 Å². The van der Waals surface area contributed by atoms with Crippen molar-refractivity contribution in [1.82, 2.24) is 0 Å². The van der Waals surface area contributed by atoms with E-state index in [0.717, 1.165) is 22.0 Å². The van der Waals surface area contributed by atoms with Gasteiger partial charge in [-0.05, 0) is 50.1 Å². The van der Waals surface area contributed by atoms with Crippen LogP contribution in [-0.2, 0) is 0 Å². The van der Waals surface area contributed by atoms with Crippen molar-refractivity contribution in [2.24, 2.45) is 0 Å². The molecule has 6 heteroatoms. The molecule has 0 aliphatic heterocycles. The fraction of sp³-hybridized carbons (Fsp3) is 0. The Labute approximate surface area is 117 Å². The van der Waals surface area contributed by atoms with Crippen molar-refractivity contribution in [3.63, 3.8) is 0 Å². The zero-order chi connectivity index (χ0) is 12.6. The minimum atomic E-state index is -0.765. The SMILES string of the molecule is O=C(c1cc(F)cc(F)c1)c1cc(Br)sc1Br. The van der Waals surface area contributed by atoms with Gasteiger partial charge in [0.25, 0.3) is 0 Å². The van der Waals surface area contributed by atoms with Crippen LogP contribution < -0.4 is 0 Å². The molecule has 1 heterocycles. The number of hydrogen-bond donors (Lipinski definition) is 0. The smallest absolute Gasteiger partial charge is 0.195 e. The molecule has 1 aromatic carbocycles. The van der Waals surface area contributed by atoms with E-state index in [1.54, 1.807) is 6.07 Å². The zero-order valence-corrected chi connectivity index (χ0v) is 12.1. The van der Waals surface area contributed by atoms with Crippen LogP contribution in [0.1, 0.15) is 15.9 Å². The van der Waals surface area contributed by atoms with Gasteiger partial charge in [0.15, 0.2) is 5.78 Å². The van der Waals surface area contributed by atoms with Gasteiger partial charge in [-0.1, -0.05) is 0 Å². The second-order valence-electron chi connectivity index (χ2n) is 3.23. The molecule has 1 aromatic heterocycles. The van der Waals surface area contributed by atoms with Crippen molar-refractivity contribution in [1.29, 1.82) is 0 Å². The highest BCUT2D eigenvalue weighted by atomic mass is 79.9.